The molecule has 1 saturated heterocycles. The molecule has 9 nitrogen and oxygen atoms in total. The third kappa shape index (κ3) is 4.28. The van der Waals surface area contributed by atoms with Gasteiger partial charge in [-0.3, -0.25) is 9.69 Å². The number of alkyl halides is 2. The Morgan fingerprint density at radius 1 is 1.29 bits per heavy atom. The number of nitrogens with zero attached hydrogens (tertiary/aromatic N) is 5. The Morgan fingerprint density at radius 2 is 2.09 bits per heavy atom. The molecule has 0 bridgehead atoms. The number of nitrogens with one attached hydrogen (secondary N) is 1. The van der Waals surface area contributed by atoms with Crippen LogP contribution in [0.2, 0.25) is 0 Å². The first-order valence-corrected chi connectivity index (χ1v) is 11.2. The van der Waals surface area contributed by atoms with Crippen molar-refractivity contribution in [2.45, 2.75) is 25.4 Å². The fourth-order valence-corrected chi connectivity index (χ4v) is 4.54. The number of carbonyl (C=O) groups is 1. The number of aliphatic hydroxyl groups excluding tert-OH is 1. The second-order valence-corrected chi connectivity index (χ2v) is 8.94. The van der Waals surface area contributed by atoms with Gasteiger partial charge in [-0.2, -0.15) is 5.10 Å². The lowest BCUT2D eigenvalue weighted by molar-refractivity contribution is 0.0447. The highest BCUT2D eigenvalue weighted by molar-refractivity contribution is 6.09. The van der Waals surface area contributed by atoms with E-state index in [4.69, 9.17) is 4.74 Å². The van der Waals surface area contributed by atoms with Crippen LogP contribution < -0.4 is 15.0 Å². The summed E-state index contributed by atoms with van der Waals surface area (Å²) in [6.07, 6.45) is 2.92. The average Bonchev–Trinajstić information content (AvgIpc) is 3.39. The van der Waals surface area contributed by atoms with Gasteiger partial charge >= 0.3 is 0 Å². The number of ether oxygens (including phenoxy) is 1. The van der Waals surface area contributed by atoms with Crippen molar-refractivity contribution in [3.63, 3.8) is 0 Å². The van der Waals surface area contributed by atoms with Gasteiger partial charge in [-0.05, 0) is 19.1 Å². The number of hydrogen-bond donors (Lipinski definition) is 2. The van der Waals surface area contributed by atoms with Crippen LogP contribution in [-0.2, 0) is 6.42 Å². The molecular formula is C23H26F2N6O3. The zero-order chi connectivity index (χ0) is 23.9. The van der Waals surface area contributed by atoms with Crippen molar-refractivity contribution in [2.75, 3.05) is 49.5 Å². The number of rotatable bonds is 6. The Hall–Kier alpha value is -3.31. The number of piperazine rings is 1. The highest BCUT2D eigenvalue weighted by Gasteiger charge is 2.36. The highest BCUT2D eigenvalue weighted by Crippen LogP contribution is 2.42. The molecule has 0 aliphatic carbocycles. The fraction of sp³-hybridized carbons (Fsp3) is 0.435. The number of carbonyl (C=O) groups excluding carboxylic acids is 1. The monoisotopic (exact) mass is 472 g/mol. The Bertz CT molecular complexity index is 1210. The van der Waals surface area contributed by atoms with Gasteiger partial charge < -0.3 is 20.1 Å². The van der Waals surface area contributed by atoms with Crippen molar-refractivity contribution >= 4 is 22.9 Å². The Labute approximate surface area is 194 Å². The van der Waals surface area contributed by atoms with E-state index in [9.17, 15) is 18.7 Å². The average molecular weight is 472 g/mol. The minimum absolute atomic E-state index is 0.140. The maximum Gasteiger partial charge on any atom is 0.261 e. The number of fused-ring (bicyclic) bond motifs is 2. The van der Waals surface area contributed by atoms with Gasteiger partial charge in [-0.15, -0.1) is 0 Å². The van der Waals surface area contributed by atoms with Gasteiger partial charge in [0, 0.05) is 56.6 Å². The van der Waals surface area contributed by atoms with Crippen LogP contribution in [0.4, 0.5) is 20.2 Å². The lowest BCUT2D eigenvalue weighted by Gasteiger charge is -2.37. The summed E-state index contributed by atoms with van der Waals surface area (Å²) >= 11 is 0. The van der Waals surface area contributed by atoms with E-state index in [-0.39, 0.29) is 19.1 Å². The molecule has 2 aromatic heterocycles. The largest absolute Gasteiger partial charge is 0.484 e. The van der Waals surface area contributed by atoms with Crippen LogP contribution in [0, 0.1) is 0 Å². The number of halogens is 2. The van der Waals surface area contributed by atoms with Crippen LogP contribution in [0.15, 0.2) is 36.8 Å². The van der Waals surface area contributed by atoms with E-state index in [0.717, 1.165) is 11.3 Å². The van der Waals surface area contributed by atoms with E-state index in [0.29, 0.717) is 55.2 Å². The summed E-state index contributed by atoms with van der Waals surface area (Å²) in [5.74, 6) is 0.298. The van der Waals surface area contributed by atoms with Gasteiger partial charge in [0.05, 0.1) is 30.7 Å². The van der Waals surface area contributed by atoms with Crippen LogP contribution in [0.3, 0.4) is 0 Å². The second kappa shape index (κ2) is 8.80. The topological polar surface area (TPSA) is 95.2 Å². The summed E-state index contributed by atoms with van der Waals surface area (Å²) in [5, 5.41) is 16.9. The summed E-state index contributed by atoms with van der Waals surface area (Å²) in [5.41, 5.74) is 2.27. The molecule has 0 unspecified atom stereocenters. The predicted molar refractivity (Wildman–Crippen MR) is 122 cm³/mol. The smallest absolute Gasteiger partial charge is 0.261 e. The summed E-state index contributed by atoms with van der Waals surface area (Å²) in [7, 11) is 0. The zero-order valence-electron chi connectivity index (χ0n) is 18.7. The van der Waals surface area contributed by atoms with E-state index in [1.807, 2.05) is 19.1 Å². The molecule has 1 atom stereocenters. The van der Waals surface area contributed by atoms with Gasteiger partial charge in [0.1, 0.15) is 16.9 Å². The third-order valence-corrected chi connectivity index (χ3v) is 6.32. The molecule has 1 fully saturated rings. The lowest BCUT2D eigenvalue weighted by atomic mass is 9.99. The summed E-state index contributed by atoms with van der Waals surface area (Å²) < 4.78 is 33.1. The first-order valence-electron chi connectivity index (χ1n) is 11.2. The predicted octanol–water partition coefficient (Wildman–Crippen LogP) is 2.05. The molecule has 4 heterocycles. The molecule has 11 heteroatoms. The van der Waals surface area contributed by atoms with Crippen molar-refractivity contribution in [2.24, 2.45) is 0 Å². The lowest BCUT2D eigenvalue weighted by Crippen LogP contribution is -2.48. The maximum absolute atomic E-state index is 13.2. The molecule has 1 amide bonds. The molecule has 3 aromatic rings. The molecule has 0 radical (unpaired) electrons. The Balaban J connectivity index is 1.45. The van der Waals surface area contributed by atoms with Crippen LogP contribution in [0.25, 0.3) is 5.65 Å². The zero-order valence-corrected chi connectivity index (χ0v) is 18.7. The summed E-state index contributed by atoms with van der Waals surface area (Å²) in [4.78, 5) is 21.2. The number of aliphatic hydroxyl groups is 1. The SMILES string of the molecule is C[C@@]1(CO)Cc2cc(NC(=O)c3cnn4cccnc34)c(N3CCN(CC(F)F)CC3)cc2O1. The first kappa shape index (κ1) is 22.5. The van der Waals surface area contributed by atoms with Crippen molar-refractivity contribution < 1.29 is 23.4 Å². The molecule has 2 aliphatic rings. The standard InChI is InChI=1S/C23H26F2N6O3/c1-23(14-32)11-15-9-17(28-22(33)16-12-27-31-4-2-3-26-21(16)31)18(10-19(15)34-23)30-7-5-29(6-8-30)13-20(24)25/h2-4,9-10,12,20,32H,5-8,11,13-14H2,1H3,(H,28,33)/t23-/m0/s1. The molecule has 2 N–H and O–H groups in total. The van der Waals surface area contributed by atoms with E-state index >= 15 is 0 Å². The van der Waals surface area contributed by atoms with Crippen molar-refractivity contribution in [3.05, 3.63) is 47.9 Å². The number of amides is 1. The summed E-state index contributed by atoms with van der Waals surface area (Å²) in [6.45, 7) is 3.48. The Kier molecular flexibility index (Phi) is 5.82. The maximum atomic E-state index is 13.2. The minimum Gasteiger partial charge on any atom is -0.484 e. The second-order valence-electron chi connectivity index (χ2n) is 8.94. The summed E-state index contributed by atoms with van der Waals surface area (Å²) in [6, 6.07) is 5.46. The number of aromatic nitrogens is 3. The molecular weight excluding hydrogens is 446 g/mol. The van der Waals surface area contributed by atoms with Crippen molar-refractivity contribution in [1.29, 1.82) is 0 Å². The normalized spacial score (nSPS) is 20.6. The van der Waals surface area contributed by atoms with Crippen molar-refractivity contribution in [3.8, 4) is 5.75 Å². The van der Waals surface area contributed by atoms with E-state index in [1.165, 1.54) is 10.7 Å². The van der Waals surface area contributed by atoms with Gasteiger partial charge in [0.2, 0.25) is 0 Å². The van der Waals surface area contributed by atoms with Crippen LogP contribution in [-0.4, -0.2) is 81.9 Å². The number of benzene rings is 1. The van der Waals surface area contributed by atoms with Crippen LogP contribution in [0.5, 0.6) is 5.75 Å². The molecule has 180 valence electrons. The quantitative estimate of drug-likeness (QED) is 0.567. The Morgan fingerprint density at radius 3 is 2.82 bits per heavy atom. The van der Waals surface area contributed by atoms with Gasteiger partial charge in [0.25, 0.3) is 12.3 Å². The first-order chi connectivity index (χ1) is 16.3. The van der Waals surface area contributed by atoms with Crippen molar-refractivity contribution in [1.82, 2.24) is 19.5 Å². The third-order valence-electron chi connectivity index (χ3n) is 6.32. The molecule has 0 spiro atoms. The highest BCUT2D eigenvalue weighted by atomic mass is 19.3. The van der Waals surface area contributed by atoms with Gasteiger partial charge in [0.15, 0.2) is 5.65 Å². The number of anilines is 2. The molecule has 2 aliphatic heterocycles. The van der Waals surface area contributed by atoms with Gasteiger partial charge in [-0.25, -0.2) is 18.3 Å². The van der Waals surface area contributed by atoms with Crippen LogP contribution >= 0.6 is 0 Å². The van der Waals surface area contributed by atoms with Crippen LogP contribution in [0.1, 0.15) is 22.8 Å². The number of hydrogen-bond acceptors (Lipinski definition) is 7. The molecule has 5 rings (SSSR count). The van der Waals surface area contributed by atoms with E-state index in [1.54, 1.807) is 23.4 Å². The van der Waals surface area contributed by atoms with E-state index in [2.05, 4.69) is 20.3 Å². The fourth-order valence-electron chi connectivity index (χ4n) is 4.54. The molecule has 34 heavy (non-hydrogen) atoms. The van der Waals surface area contributed by atoms with E-state index < -0.39 is 12.0 Å². The van der Waals surface area contributed by atoms with Gasteiger partial charge in [-0.1, -0.05) is 0 Å². The minimum atomic E-state index is -2.37. The molecule has 0 saturated carbocycles. The molecule has 1 aromatic carbocycles.